The fourth-order valence-corrected chi connectivity index (χ4v) is 2.61. The largest absolute Gasteiger partial charge is 0.345 e. The molecule has 5 heteroatoms. The molecule has 0 radical (unpaired) electrons. The van der Waals surface area contributed by atoms with Crippen LogP contribution in [0, 0.1) is 0 Å². The number of aromatic nitrogens is 2. The Kier molecular flexibility index (Phi) is 3.53. The highest BCUT2D eigenvalue weighted by Crippen LogP contribution is 2.22. The summed E-state index contributed by atoms with van der Waals surface area (Å²) in [4.78, 5) is 6.89. The van der Waals surface area contributed by atoms with Gasteiger partial charge < -0.3 is 10.2 Å². The van der Waals surface area contributed by atoms with Gasteiger partial charge in [-0.05, 0) is 19.9 Å². The van der Waals surface area contributed by atoms with Crippen LogP contribution in [0.25, 0.3) is 0 Å². The third-order valence-electron chi connectivity index (χ3n) is 2.80. The molecule has 0 bridgehead atoms. The van der Waals surface area contributed by atoms with Crippen LogP contribution in [0.4, 0.5) is 5.13 Å². The molecule has 1 N–H and O–H groups in total. The average molecular weight is 226 g/mol. The van der Waals surface area contributed by atoms with E-state index in [1.165, 1.54) is 18.0 Å². The van der Waals surface area contributed by atoms with E-state index >= 15 is 0 Å². The molecule has 4 nitrogen and oxygen atoms in total. The van der Waals surface area contributed by atoms with Crippen molar-refractivity contribution in [1.29, 1.82) is 0 Å². The number of anilines is 1. The molecule has 1 saturated heterocycles. The Balaban J connectivity index is 1.97. The summed E-state index contributed by atoms with van der Waals surface area (Å²) in [5.41, 5.74) is 0. The summed E-state index contributed by atoms with van der Waals surface area (Å²) in [6, 6.07) is 0.614. The predicted molar refractivity (Wildman–Crippen MR) is 63.6 cm³/mol. The maximum atomic E-state index is 4.56. The molecule has 2 rings (SSSR count). The molecule has 0 spiro atoms. The van der Waals surface area contributed by atoms with Crippen molar-refractivity contribution in [3.05, 3.63) is 5.82 Å². The van der Waals surface area contributed by atoms with E-state index in [1.54, 1.807) is 0 Å². The SMILES string of the molecule is CCCc1nsc(N2CCC(NC)C2)n1. The molecule has 1 unspecified atom stereocenters. The van der Waals surface area contributed by atoms with Crippen LogP contribution < -0.4 is 10.2 Å². The van der Waals surface area contributed by atoms with Gasteiger partial charge in [-0.1, -0.05) is 6.92 Å². The molecule has 84 valence electrons. The minimum absolute atomic E-state index is 0.614. The summed E-state index contributed by atoms with van der Waals surface area (Å²) in [7, 11) is 2.02. The Hall–Kier alpha value is -0.680. The normalized spacial score (nSPS) is 21.2. The highest BCUT2D eigenvalue weighted by molar-refractivity contribution is 7.09. The molecule has 0 saturated carbocycles. The van der Waals surface area contributed by atoms with Gasteiger partial charge in [-0.25, -0.2) is 4.98 Å². The smallest absolute Gasteiger partial charge is 0.205 e. The lowest BCUT2D eigenvalue weighted by Crippen LogP contribution is -2.29. The Morgan fingerprint density at radius 1 is 1.60 bits per heavy atom. The van der Waals surface area contributed by atoms with Gasteiger partial charge in [-0.3, -0.25) is 0 Å². The van der Waals surface area contributed by atoms with Gasteiger partial charge in [0.2, 0.25) is 5.13 Å². The van der Waals surface area contributed by atoms with Gasteiger partial charge in [-0.15, -0.1) is 0 Å². The van der Waals surface area contributed by atoms with Crippen LogP contribution in [-0.2, 0) is 6.42 Å². The van der Waals surface area contributed by atoms with Gasteiger partial charge in [-0.2, -0.15) is 4.37 Å². The molecule has 15 heavy (non-hydrogen) atoms. The van der Waals surface area contributed by atoms with E-state index in [0.717, 1.165) is 36.9 Å². The molecule has 0 aromatic carbocycles. The van der Waals surface area contributed by atoms with Gasteiger partial charge in [0.1, 0.15) is 5.82 Å². The molecule has 1 atom stereocenters. The van der Waals surface area contributed by atoms with Crippen molar-refractivity contribution in [2.24, 2.45) is 0 Å². The minimum Gasteiger partial charge on any atom is -0.345 e. The quantitative estimate of drug-likeness (QED) is 0.840. The van der Waals surface area contributed by atoms with Gasteiger partial charge in [0.05, 0.1) is 0 Å². The van der Waals surface area contributed by atoms with Crippen LogP contribution in [0.15, 0.2) is 0 Å². The Morgan fingerprint density at radius 2 is 2.47 bits per heavy atom. The van der Waals surface area contributed by atoms with Crippen LogP contribution in [0.2, 0.25) is 0 Å². The van der Waals surface area contributed by atoms with Gasteiger partial charge in [0.25, 0.3) is 0 Å². The predicted octanol–water partition coefficient (Wildman–Crippen LogP) is 1.29. The molecule has 0 aliphatic carbocycles. The first kappa shape index (κ1) is 10.8. The maximum absolute atomic E-state index is 4.56. The highest BCUT2D eigenvalue weighted by atomic mass is 32.1. The van der Waals surface area contributed by atoms with E-state index < -0.39 is 0 Å². The van der Waals surface area contributed by atoms with E-state index in [4.69, 9.17) is 0 Å². The van der Waals surface area contributed by atoms with Crippen molar-refractivity contribution in [3.8, 4) is 0 Å². The van der Waals surface area contributed by atoms with Crippen LogP contribution in [0.1, 0.15) is 25.6 Å². The summed E-state index contributed by atoms with van der Waals surface area (Å²) < 4.78 is 4.37. The summed E-state index contributed by atoms with van der Waals surface area (Å²) >= 11 is 1.54. The molecule has 1 aromatic heterocycles. The maximum Gasteiger partial charge on any atom is 0.205 e. The molecule has 1 aliphatic heterocycles. The van der Waals surface area contributed by atoms with Crippen molar-refractivity contribution < 1.29 is 0 Å². The molecular weight excluding hydrogens is 208 g/mol. The Labute approximate surface area is 94.9 Å². The van der Waals surface area contributed by atoms with Crippen molar-refractivity contribution in [1.82, 2.24) is 14.7 Å². The summed E-state index contributed by atoms with van der Waals surface area (Å²) in [5.74, 6) is 1.01. The van der Waals surface area contributed by atoms with E-state index in [2.05, 4.69) is 26.5 Å². The summed E-state index contributed by atoms with van der Waals surface area (Å²) in [6.45, 7) is 4.33. The van der Waals surface area contributed by atoms with Gasteiger partial charge in [0, 0.05) is 37.1 Å². The monoisotopic (exact) mass is 226 g/mol. The Morgan fingerprint density at radius 3 is 3.13 bits per heavy atom. The third kappa shape index (κ3) is 2.46. The zero-order valence-electron chi connectivity index (χ0n) is 9.36. The lowest BCUT2D eigenvalue weighted by molar-refractivity contribution is 0.617. The van der Waals surface area contributed by atoms with Gasteiger partial charge >= 0.3 is 0 Å². The summed E-state index contributed by atoms with van der Waals surface area (Å²) in [5, 5.41) is 4.40. The zero-order chi connectivity index (χ0) is 10.7. The number of hydrogen-bond acceptors (Lipinski definition) is 5. The third-order valence-corrected chi connectivity index (χ3v) is 3.61. The van der Waals surface area contributed by atoms with E-state index in [9.17, 15) is 0 Å². The zero-order valence-corrected chi connectivity index (χ0v) is 10.2. The first-order chi connectivity index (χ1) is 7.33. The number of likely N-dealkylation sites (N-methyl/N-ethyl adjacent to an activating group) is 1. The fraction of sp³-hybridized carbons (Fsp3) is 0.800. The number of nitrogens with one attached hydrogen (secondary N) is 1. The van der Waals surface area contributed by atoms with Crippen molar-refractivity contribution in [2.75, 3.05) is 25.0 Å². The highest BCUT2D eigenvalue weighted by Gasteiger charge is 2.23. The molecule has 1 aliphatic rings. The second-order valence-electron chi connectivity index (χ2n) is 3.96. The molecule has 0 amide bonds. The van der Waals surface area contributed by atoms with E-state index in [-0.39, 0.29) is 0 Å². The molecule has 1 aromatic rings. The van der Waals surface area contributed by atoms with Crippen molar-refractivity contribution >= 4 is 16.7 Å². The van der Waals surface area contributed by atoms with Crippen LogP contribution in [0.3, 0.4) is 0 Å². The lowest BCUT2D eigenvalue weighted by atomic mass is 10.3. The lowest BCUT2D eigenvalue weighted by Gasteiger charge is -2.13. The van der Waals surface area contributed by atoms with E-state index in [1.807, 2.05) is 7.05 Å². The Bertz CT molecular complexity index is 312. The van der Waals surface area contributed by atoms with E-state index in [0.29, 0.717) is 6.04 Å². The first-order valence-electron chi connectivity index (χ1n) is 5.58. The van der Waals surface area contributed by atoms with Gasteiger partial charge in [0.15, 0.2) is 0 Å². The number of nitrogens with zero attached hydrogens (tertiary/aromatic N) is 3. The number of hydrogen-bond donors (Lipinski definition) is 1. The first-order valence-corrected chi connectivity index (χ1v) is 6.35. The molecular formula is C10H18N4S. The second kappa shape index (κ2) is 4.90. The van der Waals surface area contributed by atoms with Crippen LogP contribution >= 0.6 is 11.5 Å². The second-order valence-corrected chi connectivity index (χ2v) is 4.69. The molecule has 2 heterocycles. The average Bonchev–Trinajstić information content (AvgIpc) is 2.85. The topological polar surface area (TPSA) is 41.1 Å². The molecule has 1 fully saturated rings. The van der Waals surface area contributed by atoms with Crippen molar-refractivity contribution in [2.45, 2.75) is 32.2 Å². The summed E-state index contributed by atoms with van der Waals surface area (Å²) in [6.07, 6.45) is 3.33. The van der Waals surface area contributed by atoms with Crippen LogP contribution in [-0.4, -0.2) is 35.5 Å². The van der Waals surface area contributed by atoms with Crippen molar-refractivity contribution in [3.63, 3.8) is 0 Å². The standard InChI is InChI=1S/C10H18N4S/c1-3-4-9-12-10(15-13-9)14-6-5-8(7-14)11-2/h8,11H,3-7H2,1-2H3. The fourth-order valence-electron chi connectivity index (χ4n) is 1.87. The number of rotatable bonds is 4. The number of aryl methyl sites for hydroxylation is 1. The minimum atomic E-state index is 0.614. The van der Waals surface area contributed by atoms with Crippen LogP contribution in [0.5, 0.6) is 0 Å².